The molecule has 0 bridgehead atoms. The van der Waals surface area contributed by atoms with Gasteiger partial charge in [-0.05, 0) is 32.0 Å². The molecule has 1 aromatic heterocycles. The summed E-state index contributed by atoms with van der Waals surface area (Å²) >= 11 is 11.9. The second kappa shape index (κ2) is 6.10. The van der Waals surface area contributed by atoms with Crippen LogP contribution in [0.25, 0.3) is 5.69 Å². The minimum absolute atomic E-state index is 0.0495. The fourth-order valence-corrected chi connectivity index (χ4v) is 1.81. The molecule has 0 radical (unpaired) electrons. The van der Waals surface area contributed by atoms with E-state index in [-0.39, 0.29) is 12.1 Å². The molecular formula is C13H16Cl2N4O. The predicted molar refractivity (Wildman–Crippen MR) is 79.4 cm³/mol. The van der Waals surface area contributed by atoms with E-state index in [9.17, 15) is 5.11 Å². The molecule has 2 aromatic rings. The van der Waals surface area contributed by atoms with Gasteiger partial charge < -0.3 is 10.4 Å². The van der Waals surface area contributed by atoms with Crippen molar-refractivity contribution in [2.75, 3.05) is 6.61 Å². The summed E-state index contributed by atoms with van der Waals surface area (Å²) in [4.78, 5) is 0. The van der Waals surface area contributed by atoms with Crippen LogP contribution in [0.1, 0.15) is 19.5 Å². The summed E-state index contributed by atoms with van der Waals surface area (Å²) < 4.78 is 1.63. The summed E-state index contributed by atoms with van der Waals surface area (Å²) in [5.74, 6) is 0. The van der Waals surface area contributed by atoms with Crippen LogP contribution in [0.2, 0.25) is 10.0 Å². The molecule has 0 spiro atoms. The number of hydrogen-bond donors (Lipinski definition) is 2. The molecular weight excluding hydrogens is 299 g/mol. The van der Waals surface area contributed by atoms with Crippen LogP contribution in [0.3, 0.4) is 0 Å². The number of aromatic nitrogens is 3. The Morgan fingerprint density at radius 3 is 2.70 bits per heavy atom. The Morgan fingerprint density at radius 1 is 1.30 bits per heavy atom. The highest BCUT2D eigenvalue weighted by Crippen LogP contribution is 2.24. The third-order valence-corrected chi connectivity index (χ3v) is 3.59. The van der Waals surface area contributed by atoms with Crippen LogP contribution in [0, 0.1) is 0 Å². The molecule has 0 fully saturated rings. The fraction of sp³-hybridized carbons (Fsp3) is 0.385. The largest absolute Gasteiger partial charge is 0.394 e. The van der Waals surface area contributed by atoms with E-state index in [0.717, 1.165) is 11.4 Å². The molecule has 0 saturated carbocycles. The molecule has 0 aliphatic rings. The van der Waals surface area contributed by atoms with E-state index in [1.807, 2.05) is 19.9 Å². The van der Waals surface area contributed by atoms with Crippen molar-refractivity contribution >= 4 is 23.2 Å². The molecule has 5 nitrogen and oxygen atoms in total. The molecule has 0 unspecified atom stereocenters. The van der Waals surface area contributed by atoms with Crippen LogP contribution >= 0.6 is 23.2 Å². The highest BCUT2D eigenvalue weighted by molar-refractivity contribution is 6.42. The van der Waals surface area contributed by atoms with Crippen molar-refractivity contribution in [2.24, 2.45) is 0 Å². The normalized spacial score (nSPS) is 11.8. The molecule has 0 aliphatic heterocycles. The average Bonchev–Trinajstić information content (AvgIpc) is 2.89. The second-order valence-electron chi connectivity index (χ2n) is 5.15. The first-order chi connectivity index (χ1) is 9.41. The van der Waals surface area contributed by atoms with Gasteiger partial charge in [0.1, 0.15) is 0 Å². The van der Waals surface area contributed by atoms with Gasteiger partial charge in [-0.2, -0.15) is 0 Å². The van der Waals surface area contributed by atoms with Gasteiger partial charge in [-0.1, -0.05) is 28.4 Å². The Morgan fingerprint density at radius 2 is 2.05 bits per heavy atom. The van der Waals surface area contributed by atoms with Crippen molar-refractivity contribution < 1.29 is 5.11 Å². The van der Waals surface area contributed by atoms with Gasteiger partial charge in [-0.25, -0.2) is 4.68 Å². The number of aliphatic hydroxyl groups excluding tert-OH is 1. The summed E-state index contributed by atoms with van der Waals surface area (Å²) in [6.45, 7) is 4.40. The molecule has 0 amide bonds. The Kier molecular flexibility index (Phi) is 4.65. The van der Waals surface area contributed by atoms with Crippen molar-refractivity contribution in [3.05, 3.63) is 40.1 Å². The molecule has 1 heterocycles. The van der Waals surface area contributed by atoms with Gasteiger partial charge in [0.2, 0.25) is 0 Å². The maximum absolute atomic E-state index is 9.18. The predicted octanol–water partition coefficient (Wildman–Crippen LogP) is 2.43. The maximum atomic E-state index is 9.18. The topological polar surface area (TPSA) is 63.0 Å². The highest BCUT2D eigenvalue weighted by atomic mass is 35.5. The minimum atomic E-state index is -0.354. The van der Waals surface area contributed by atoms with Gasteiger partial charge in [0.05, 0.1) is 34.2 Å². The Balaban J connectivity index is 2.10. The Hall–Kier alpha value is -1.14. The average molecular weight is 315 g/mol. The number of benzene rings is 1. The molecule has 1 aromatic carbocycles. The quantitative estimate of drug-likeness (QED) is 0.889. The summed E-state index contributed by atoms with van der Waals surface area (Å²) in [7, 11) is 0. The summed E-state index contributed by atoms with van der Waals surface area (Å²) in [5, 5.41) is 21.5. The molecule has 2 N–H and O–H groups in total. The monoisotopic (exact) mass is 314 g/mol. The van der Waals surface area contributed by atoms with Crippen molar-refractivity contribution in [2.45, 2.75) is 25.9 Å². The minimum Gasteiger partial charge on any atom is -0.394 e. The smallest absolute Gasteiger partial charge is 0.0969 e. The number of rotatable bonds is 5. The van der Waals surface area contributed by atoms with E-state index in [1.54, 1.807) is 23.0 Å². The van der Waals surface area contributed by atoms with E-state index < -0.39 is 0 Å². The van der Waals surface area contributed by atoms with Crippen LogP contribution in [-0.2, 0) is 6.54 Å². The van der Waals surface area contributed by atoms with E-state index >= 15 is 0 Å². The lowest BCUT2D eigenvalue weighted by Gasteiger charge is -2.22. The molecule has 0 aliphatic carbocycles. The first kappa shape index (κ1) is 15.3. The van der Waals surface area contributed by atoms with Gasteiger partial charge in [-0.3, -0.25) is 0 Å². The van der Waals surface area contributed by atoms with Crippen LogP contribution < -0.4 is 5.32 Å². The van der Waals surface area contributed by atoms with Crippen LogP contribution in [0.15, 0.2) is 24.4 Å². The zero-order valence-electron chi connectivity index (χ0n) is 11.3. The van der Waals surface area contributed by atoms with E-state index in [2.05, 4.69) is 15.6 Å². The van der Waals surface area contributed by atoms with Crippen molar-refractivity contribution in [1.29, 1.82) is 0 Å². The number of nitrogens with zero attached hydrogens (tertiary/aromatic N) is 3. The molecule has 0 atom stereocenters. The number of nitrogens with one attached hydrogen (secondary N) is 1. The molecule has 0 saturated heterocycles. The van der Waals surface area contributed by atoms with Crippen LogP contribution in [0.5, 0.6) is 0 Å². The lowest BCUT2D eigenvalue weighted by Crippen LogP contribution is -2.42. The first-order valence-electron chi connectivity index (χ1n) is 6.14. The van der Waals surface area contributed by atoms with E-state index in [0.29, 0.717) is 16.6 Å². The highest BCUT2D eigenvalue weighted by Gasteiger charge is 2.16. The third-order valence-electron chi connectivity index (χ3n) is 2.85. The molecule has 7 heteroatoms. The fourth-order valence-electron chi connectivity index (χ4n) is 1.52. The van der Waals surface area contributed by atoms with Gasteiger partial charge >= 0.3 is 0 Å². The molecule has 2 rings (SSSR count). The third kappa shape index (κ3) is 3.70. The standard InChI is InChI=1S/C13H16Cl2N4O/c1-13(2,8-20)16-6-9-7-19(18-17-9)10-3-4-11(14)12(15)5-10/h3-5,7,16,20H,6,8H2,1-2H3. The van der Waals surface area contributed by atoms with Crippen LogP contribution in [0.4, 0.5) is 0 Å². The number of halogens is 2. The van der Waals surface area contributed by atoms with Gasteiger partial charge in [0, 0.05) is 12.1 Å². The van der Waals surface area contributed by atoms with E-state index in [1.165, 1.54) is 0 Å². The second-order valence-corrected chi connectivity index (χ2v) is 5.96. The molecule has 108 valence electrons. The van der Waals surface area contributed by atoms with Gasteiger partial charge in [-0.15, -0.1) is 5.10 Å². The van der Waals surface area contributed by atoms with Gasteiger partial charge in [0.25, 0.3) is 0 Å². The lowest BCUT2D eigenvalue weighted by molar-refractivity contribution is 0.187. The van der Waals surface area contributed by atoms with Crippen LogP contribution in [-0.4, -0.2) is 32.2 Å². The van der Waals surface area contributed by atoms with Crippen molar-refractivity contribution in [3.63, 3.8) is 0 Å². The Bertz CT molecular complexity index is 598. The number of hydrogen-bond acceptors (Lipinski definition) is 4. The SMILES string of the molecule is CC(C)(CO)NCc1cn(-c2ccc(Cl)c(Cl)c2)nn1. The maximum Gasteiger partial charge on any atom is 0.0969 e. The summed E-state index contributed by atoms with van der Waals surface area (Å²) in [6.07, 6.45) is 1.81. The number of aliphatic hydroxyl groups is 1. The first-order valence-corrected chi connectivity index (χ1v) is 6.89. The van der Waals surface area contributed by atoms with E-state index in [4.69, 9.17) is 23.2 Å². The van der Waals surface area contributed by atoms with Crippen molar-refractivity contribution in [1.82, 2.24) is 20.3 Å². The zero-order chi connectivity index (χ0) is 14.8. The summed E-state index contributed by atoms with van der Waals surface area (Å²) in [6, 6.07) is 5.26. The molecule has 20 heavy (non-hydrogen) atoms. The van der Waals surface area contributed by atoms with Gasteiger partial charge in [0.15, 0.2) is 0 Å². The van der Waals surface area contributed by atoms with Crippen molar-refractivity contribution in [3.8, 4) is 5.69 Å². The zero-order valence-corrected chi connectivity index (χ0v) is 12.8. The Labute approximate surface area is 127 Å². The lowest BCUT2D eigenvalue weighted by atomic mass is 10.1. The summed E-state index contributed by atoms with van der Waals surface area (Å²) in [5.41, 5.74) is 1.21.